The number of ether oxygens (including phenoxy) is 1. The van der Waals surface area contributed by atoms with Crippen molar-refractivity contribution in [2.45, 2.75) is 26.9 Å². The molecular formula is C22H21ClN4O4. The van der Waals surface area contributed by atoms with Gasteiger partial charge >= 0.3 is 5.97 Å². The molecular weight excluding hydrogens is 420 g/mol. The number of amides is 2. The van der Waals surface area contributed by atoms with Crippen molar-refractivity contribution in [2.24, 2.45) is 0 Å². The Kier molecular flexibility index (Phi) is 6.71. The van der Waals surface area contributed by atoms with Crippen molar-refractivity contribution in [1.82, 2.24) is 9.78 Å². The van der Waals surface area contributed by atoms with Crippen LogP contribution in [-0.4, -0.2) is 33.7 Å². The zero-order valence-electron chi connectivity index (χ0n) is 17.2. The predicted molar refractivity (Wildman–Crippen MR) is 118 cm³/mol. The van der Waals surface area contributed by atoms with Crippen LogP contribution in [0.5, 0.6) is 0 Å². The van der Waals surface area contributed by atoms with E-state index in [9.17, 15) is 14.4 Å². The molecule has 9 heteroatoms. The molecule has 2 N–H and O–H groups in total. The van der Waals surface area contributed by atoms with Gasteiger partial charge in [-0.3, -0.25) is 9.59 Å². The molecule has 1 atom stereocenters. The zero-order valence-corrected chi connectivity index (χ0v) is 17.9. The first kappa shape index (κ1) is 22.0. The van der Waals surface area contributed by atoms with Crippen LogP contribution < -0.4 is 10.6 Å². The number of halogens is 1. The molecule has 0 fully saturated rings. The molecule has 0 radical (unpaired) electrons. The summed E-state index contributed by atoms with van der Waals surface area (Å²) in [6.07, 6.45) is -1.07. The van der Waals surface area contributed by atoms with E-state index >= 15 is 0 Å². The Morgan fingerprint density at radius 2 is 1.58 bits per heavy atom. The minimum atomic E-state index is -1.07. The summed E-state index contributed by atoms with van der Waals surface area (Å²) in [4.78, 5) is 36.2. The van der Waals surface area contributed by atoms with E-state index in [0.29, 0.717) is 22.8 Å². The highest BCUT2D eigenvalue weighted by Crippen LogP contribution is 2.24. The smallest absolute Gasteiger partial charge is 0.344 e. The molecule has 1 aromatic heterocycles. The number of hydrogen-bond donors (Lipinski definition) is 2. The number of carbonyl (C=O) groups excluding carboxylic acids is 3. The molecule has 1 heterocycles. The number of nitrogens with zero attached hydrogens (tertiary/aromatic N) is 2. The van der Waals surface area contributed by atoms with Crippen LogP contribution in [-0.2, 0) is 14.3 Å². The van der Waals surface area contributed by atoms with Crippen molar-refractivity contribution >= 4 is 40.8 Å². The van der Waals surface area contributed by atoms with Crippen LogP contribution >= 0.6 is 11.6 Å². The zero-order chi connectivity index (χ0) is 22.5. The van der Waals surface area contributed by atoms with Gasteiger partial charge in [0.1, 0.15) is 10.7 Å². The molecule has 3 aromatic rings. The van der Waals surface area contributed by atoms with Crippen LogP contribution in [0.15, 0.2) is 54.6 Å². The highest BCUT2D eigenvalue weighted by Gasteiger charge is 2.26. The molecule has 31 heavy (non-hydrogen) atoms. The molecule has 8 nitrogen and oxygen atoms in total. The van der Waals surface area contributed by atoms with E-state index in [1.165, 1.54) is 18.5 Å². The van der Waals surface area contributed by atoms with Crippen molar-refractivity contribution in [2.75, 3.05) is 10.6 Å². The second-order valence-electron chi connectivity index (χ2n) is 6.79. The Morgan fingerprint density at radius 3 is 2.16 bits per heavy atom. The topological polar surface area (TPSA) is 102 Å². The number of rotatable bonds is 6. The fourth-order valence-electron chi connectivity index (χ4n) is 2.83. The minimum absolute atomic E-state index is 0.102. The summed E-state index contributed by atoms with van der Waals surface area (Å²) in [5.74, 6) is -1.44. The van der Waals surface area contributed by atoms with E-state index in [1.54, 1.807) is 43.3 Å². The van der Waals surface area contributed by atoms with Crippen LogP contribution in [0.25, 0.3) is 5.69 Å². The van der Waals surface area contributed by atoms with Crippen LogP contribution in [0, 0.1) is 6.92 Å². The van der Waals surface area contributed by atoms with E-state index < -0.39 is 18.0 Å². The number of nitrogens with one attached hydrogen (secondary N) is 2. The molecule has 2 aromatic carbocycles. The molecule has 0 saturated heterocycles. The van der Waals surface area contributed by atoms with Crippen molar-refractivity contribution in [1.29, 1.82) is 0 Å². The quantitative estimate of drug-likeness (QED) is 0.564. The number of anilines is 2. The second-order valence-corrected chi connectivity index (χ2v) is 7.15. The number of aromatic nitrogens is 2. The lowest BCUT2D eigenvalue weighted by Gasteiger charge is -2.14. The summed E-state index contributed by atoms with van der Waals surface area (Å²) < 4.78 is 6.75. The van der Waals surface area contributed by atoms with Gasteiger partial charge in [-0.1, -0.05) is 29.8 Å². The molecule has 0 saturated carbocycles. The predicted octanol–water partition coefficient (Wildman–Crippen LogP) is 3.98. The summed E-state index contributed by atoms with van der Waals surface area (Å²) in [5, 5.41) is 9.70. The average molecular weight is 441 g/mol. The maximum Gasteiger partial charge on any atom is 0.344 e. The van der Waals surface area contributed by atoms with Gasteiger partial charge in [0.05, 0.1) is 11.4 Å². The summed E-state index contributed by atoms with van der Waals surface area (Å²) in [5.41, 5.74) is 2.28. The third kappa shape index (κ3) is 5.29. The summed E-state index contributed by atoms with van der Waals surface area (Å²) in [7, 11) is 0. The van der Waals surface area contributed by atoms with E-state index in [1.807, 2.05) is 18.2 Å². The Hall–Kier alpha value is -3.65. The lowest BCUT2D eigenvalue weighted by atomic mass is 10.2. The highest BCUT2D eigenvalue weighted by molar-refractivity contribution is 6.33. The fraction of sp³-hybridized carbons (Fsp3) is 0.182. The van der Waals surface area contributed by atoms with Crippen LogP contribution in [0.3, 0.4) is 0 Å². The first-order valence-corrected chi connectivity index (χ1v) is 9.84. The number of hydrogen-bond acceptors (Lipinski definition) is 5. The molecule has 0 bridgehead atoms. The lowest BCUT2D eigenvalue weighted by molar-refractivity contribution is -0.123. The summed E-state index contributed by atoms with van der Waals surface area (Å²) >= 11 is 6.37. The lowest BCUT2D eigenvalue weighted by Crippen LogP contribution is -2.30. The van der Waals surface area contributed by atoms with Crippen LogP contribution in [0.1, 0.15) is 29.9 Å². The number of aryl methyl sites for hydroxylation is 1. The monoisotopic (exact) mass is 440 g/mol. The average Bonchev–Trinajstić information content (AvgIpc) is 3.03. The summed E-state index contributed by atoms with van der Waals surface area (Å²) in [6.45, 7) is 4.51. The van der Waals surface area contributed by atoms with Crippen molar-refractivity contribution in [3.8, 4) is 5.69 Å². The van der Waals surface area contributed by atoms with Gasteiger partial charge in [-0.2, -0.15) is 5.10 Å². The van der Waals surface area contributed by atoms with Crippen molar-refractivity contribution in [3.05, 3.63) is 71.0 Å². The molecule has 0 spiro atoms. The van der Waals surface area contributed by atoms with Gasteiger partial charge in [-0.25, -0.2) is 9.48 Å². The summed E-state index contributed by atoms with van der Waals surface area (Å²) in [6, 6.07) is 15.7. The van der Waals surface area contributed by atoms with Gasteiger partial charge in [-0.05, 0) is 50.2 Å². The van der Waals surface area contributed by atoms with E-state index in [4.69, 9.17) is 16.3 Å². The fourth-order valence-corrected chi connectivity index (χ4v) is 3.18. The van der Waals surface area contributed by atoms with Gasteiger partial charge in [0.15, 0.2) is 6.10 Å². The van der Waals surface area contributed by atoms with Crippen molar-refractivity contribution < 1.29 is 19.1 Å². The molecule has 0 unspecified atom stereocenters. The van der Waals surface area contributed by atoms with Crippen LogP contribution in [0.4, 0.5) is 11.4 Å². The standard InChI is InChI=1S/C22H21ClN4O4/c1-13-19(20(23)27(26-13)18-7-5-4-6-8-18)22(30)31-14(2)21(29)25-17-11-9-16(10-12-17)24-15(3)28/h4-12,14H,1-3H3,(H,24,28)(H,25,29)/t14-/m1/s1. The third-order valence-electron chi connectivity index (χ3n) is 4.33. The maximum absolute atomic E-state index is 12.7. The van der Waals surface area contributed by atoms with E-state index in [2.05, 4.69) is 15.7 Å². The minimum Gasteiger partial charge on any atom is -0.449 e. The van der Waals surface area contributed by atoms with Crippen molar-refractivity contribution in [3.63, 3.8) is 0 Å². The Balaban J connectivity index is 1.67. The third-order valence-corrected chi connectivity index (χ3v) is 4.68. The SMILES string of the molecule is CC(=O)Nc1ccc(NC(=O)[C@@H](C)OC(=O)c2c(C)nn(-c3ccccc3)c2Cl)cc1. The van der Waals surface area contributed by atoms with Crippen LogP contribution in [0.2, 0.25) is 5.15 Å². The first-order valence-electron chi connectivity index (χ1n) is 9.46. The highest BCUT2D eigenvalue weighted by atomic mass is 35.5. The van der Waals surface area contributed by atoms with Gasteiger partial charge < -0.3 is 15.4 Å². The first-order chi connectivity index (χ1) is 14.8. The molecule has 3 rings (SSSR count). The van der Waals surface area contributed by atoms with Gasteiger partial charge in [0, 0.05) is 18.3 Å². The normalized spacial score (nSPS) is 11.5. The molecule has 160 valence electrons. The molecule has 0 aliphatic rings. The Bertz CT molecular complexity index is 1110. The van der Waals surface area contributed by atoms with E-state index in [0.717, 1.165) is 0 Å². The largest absolute Gasteiger partial charge is 0.449 e. The number of esters is 1. The number of para-hydroxylation sites is 1. The molecule has 0 aliphatic heterocycles. The maximum atomic E-state index is 12.7. The van der Waals surface area contributed by atoms with Gasteiger partial charge in [0.25, 0.3) is 5.91 Å². The van der Waals surface area contributed by atoms with Gasteiger partial charge in [-0.15, -0.1) is 0 Å². The second kappa shape index (κ2) is 9.44. The van der Waals surface area contributed by atoms with E-state index in [-0.39, 0.29) is 16.6 Å². The Labute approximate surface area is 184 Å². The Morgan fingerprint density at radius 1 is 1.00 bits per heavy atom. The van der Waals surface area contributed by atoms with Gasteiger partial charge in [0.2, 0.25) is 5.91 Å². The number of benzene rings is 2. The molecule has 0 aliphatic carbocycles. The molecule has 2 amide bonds. The number of carbonyl (C=O) groups is 3.